The monoisotopic (exact) mass is 511 g/mol. The fourth-order valence-electron chi connectivity index (χ4n) is 4.96. The first-order valence-electron chi connectivity index (χ1n) is 11.8. The molecule has 2 fully saturated rings. The van der Waals surface area contributed by atoms with Gasteiger partial charge < -0.3 is 20.1 Å². The van der Waals surface area contributed by atoms with Crippen LogP contribution in [0.3, 0.4) is 0 Å². The Morgan fingerprint density at radius 2 is 1.97 bits per heavy atom. The Balaban J connectivity index is 1.44. The van der Waals surface area contributed by atoms with Gasteiger partial charge >= 0.3 is 13.2 Å². The van der Waals surface area contributed by atoms with Gasteiger partial charge in [0.2, 0.25) is 11.7 Å². The largest absolute Gasteiger partial charge is 0.393 e. The van der Waals surface area contributed by atoms with Crippen molar-refractivity contribution in [2.24, 2.45) is 5.10 Å². The van der Waals surface area contributed by atoms with Crippen molar-refractivity contribution < 1.29 is 38.2 Å². The number of aliphatic hydroxyl groups excluding tert-OH is 2. The number of rotatable bonds is 8. The van der Waals surface area contributed by atoms with Crippen LogP contribution in [0.25, 0.3) is 11.2 Å². The van der Waals surface area contributed by atoms with Crippen LogP contribution in [0.15, 0.2) is 17.8 Å². The lowest BCUT2D eigenvalue weighted by Crippen LogP contribution is -2.46. The van der Waals surface area contributed by atoms with E-state index in [0.29, 0.717) is 35.7 Å². The van der Waals surface area contributed by atoms with E-state index >= 15 is 0 Å². The highest BCUT2D eigenvalue weighted by molar-refractivity contribution is 7.61. The van der Waals surface area contributed by atoms with Gasteiger partial charge in [-0.25, -0.2) is 14.1 Å². The number of hydrogen-bond acceptors (Lipinski definition) is 11. The zero-order chi connectivity index (χ0) is 25.3. The molecule has 0 aliphatic carbocycles. The minimum absolute atomic E-state index is 0.138. The molecule has 3 N–H and O–H groups in total. The molecule has 3 aliphatic rings. The van der Waals surface area contributed by atoms with Gasteiger partial charge in [0, 0.05) is 26.8 Å². The number of aromatic nitrogens is 4. The van der Waals surface area contributed by atoms with Gasteiger partial charge in [-0.15, -0.1) is 5.10 Å². The fraction of sp³-hybridized carbons (Fsp3) is 0.714. The van der Waals surface area contributed by atoms with Crippen molar-refractivity contribution in [2.45, 2.75) is 89.0 Å². The Morgan fingerprint density at radius 1 is 1.26 bits per heavy atom. The molecule has 13 nitrogen and oxygen atoms in total. The van der Waals surface area contributed by atoms with E-state index < -0.39 is 43.3 Å². The number of imidazole rings is 1. The third kappa shape index (κ3) is 3.64. The molecule has 0 spiro atoms. The molecule has 5 heterocycles. The van der Waals surface area contributed by atoms with Crippen LogP contribution in [-0.2, 0) is 18.3 Å². The highest BCUT2D eigenvalue weighted by atomic mass is 31.2. The predicted molar refractivity (Wildman–Crippen MR) is 124 cm³/mol. The molecule has 2 saturated heterocycles. The molecule has 3 aliphatic heterocycles. The van der Waals surface area contributed by atoms with Crippen LogP contribution >= 0.6 is 7.60 Å². The molecule has 6 atom stereocenters. The van der Waals surface area contributed by atoms with Crippen LogP contribution in [0.2, 0.25) is 0 Å². The number of hydrazone groups is 1. The number of hydrogen-bond donors (Lipinski definition) is 3. The van der Waals surface area contributed by atoms with Crippen molar-refractivity contribution in [3.63, 3.8) is 0 Å². The molecule has 0 bridgehead atoms. The fourth-order valence-corrected chi connectivity index (χ4v) is 7.04. The van der Waals surface area contributed by atoms with Gasteiger partial charge in [-0.1, -0.05) is 25.8 Å². The maximum Gasteiger partial charge on any atom is 0.393 e. The molecule has 6 unspecified atom stereocenters. The molecule has 0 amide bonds. The smallest absolute Gasteiger partial charge is 0.387 e. The second-order valence-electron chi connectivity index (χ2n) is 9.35. The van der Waals surface area contributed by atoms with E-state index in [9.17, 15) is 19.9 Å². The lowest BCUT2D eigenvalue weighted by molar-refractivity contribution is -0.745. The van der Waals surface area contributed by atoms with E-state index in [1.807, 2.05) is 25.3 Å². The topological polar surface area (TPSA) is 159 Å². The number of nitrogens with zero attached hydrogens (tertiary/aromatic N) is 6. The van der Waals surface area contributed by atoms with E-state index in [-0.39, 0.29) is 12.8 Å². The van der Waals surface area contributed by atoms with Crippen LogP contribution in [0, 0.1) is 0 Å². The van der Waals surface area contributed by atoms with Crippen molar-refractivity contribution in [3.8, 4) is 0 Å². The SMILES string of the molecule is CCC(CC)(CC1OC([n+]2cn3c4c(ncnc42)N(C)N=C3C)C(O)C1O)OP1(=O)OC1(O)CC. The summed E-state index contributed by atoms with van der Waals surface area (Å²) in [6.07, 6.45) is 0.0328. The van der Waals surface area contributed by atoms with E-state index in [2.05, 4.69) is 15.1 Å². The van der Waals surface area contributed by atoms with Crippen LogP contribution in [0.4, 0.5) is 5.82 Å². The molecule has 0 saturated carbocycles. The average Bonchev–Trinajstić information content (AvgIpc) is 3.08. The average molecular weight is 511 g/mol. The van der Waals surface area contributed by atoms with E-state index in [1.54, 1.807) is 29.9 Å². The van der Waals surface area contributed by atoms with E-state index in [0.717, 1.165) is 0 Å². The van der Waals surface area contributed by atoms with Gasteiger partial charge in [0.25, 0.3) is 5.53 Å². The molecular weight excluding hydrogens is 479 g/mol. The van der Waals surface area contributed by atoms with Gasteiger partial charge in [0.15, 0.2) is 24.3 Å². The molecule has 192 valence electrons. The Kier molecular flexibility index (Phi) is 5.83. The van der Waals surface area contributed by atoms with Crippen molar-refractivity contribution in [2.75, 3.05) is 12.1 Å². The summed E-state index contributed by atoms with van der Waals surface area (Å²) >= 11 is 0. The summed E-state index contributed by atoms with van der Waals surface area (Å²) in [6.45, 7) is 7.24. The second-order valence-corrected chi connectivity index (χ2v) is 11.4. The number of ether oxygens (including phenoxy) is 1. The zero-order valence-corrected chi connectivity index (χ0v) is 21.3. The maximum atomic E-state index is 12.9. The Labute approximate surface area is 202 Å². The molecule has 2 aromatic heterocycles. The molecule has 35 heavy (non-hydrogen) atoms. The first-order chi connectivity index (χ1) is 16.5. The van der Waals surface area contributed by atoms with E-state index in [1.165, 1.54) is 6.33 Å². The first kappa shape index (κ1) is 24.7. The zero-order valence-electron chi connectivity index (χ0n) is 20.4. The third-order valence-electron chi connectivity index (χ3n) is 7.37. The van der Waals surface area contributed by atoms with Crippen molar-refractivity contribution in [1.82, 2.24) is 14.5 Å². The Bertz CT molecular complexity index is 1230. The quantitative estimate of drug-likeness (QED) is 0.267. The minimum atomic E-state index is -3.69. The Morgan fingerprint density at radius 3 is 2.60 bits per heavy atom. The van der Waals surface area contributed by atoms with Gasteiger partial charge in [0.1, 0.15) is 12.2 Å². The number of anilines is 1. The Hall–Kier alpha value is -1.99. The lowest BCUT2D eigenvalue weighted by atomic mass is 9.88. The molecule has 5 rings (SSSR count). The third-order valence-corrected chi connectivity index (χ3v) is 9.64. The first-order valence-corrected chi connectivity index (χ1v) is 13.4. The van der Waals surface area contributed by atoms with Crippen LogP contribution in [-0.4, -0.2) is 72.2 Å². The standard InChI is InChI=1S/C21H32N6O7P/c1-6-20(7-2,33-35(31)21(30,8-3)34-35)9-13-15(28)16(29)19(32-13)27-11-26-12(4)24-25(5)17-14(26)18(27)23-10-22-17/h10-11,13,15-16,19,28-30H,6-9H2,1-5H3/q+1. The summed E-state index contributed by atoms with van der Waals surface area (Å²) in [7, 11) is -1.90. The van der Waals surface area contributed by atoms with Crippen molar-refractivity contribution in [3.05, 3.63) is 12.7 Å². The van der Waals surface area contributed by atoms with Crippen molar-refractivity contribution >= 4 is 30.4 Å². The highest BCUT2D eigenvalue weighted by Gasteiger charge is 2.71. The van der Waals surface area contributed by atoms with Gasteiger partial charge in [-0.3, -0.25) is 13.6 Å². The number of aliphatic hydroxyl groups is 3. The maximum absolute atomic E-state index is 12.9. The van der Waals surface area contributed by atoms with Crippen LogP contribution in [0.1, 0.15) is 59.6 Å². The normalized spacial score (nSPS) is 34.5. The van der Waals surface area contributed by atoms with Gasteiger partial charge in [-0.2, -0.15) is 4.98 Å². The highest BCUT2D eigenvalue weighted by Crippen LogP contribution is 2.80. The lowest BCUT2D eigenvalue weighted by Gasteiger charge is -2.33. The molecular formula is C21H32N6O7P+. The summed E-state index contributed by atoms with van der Waals surface area (Å²) in [5.74, 6) is 1.29. The van der Waals surface area contributed by atoms with Crippen molar-refractivity contribution in [1.29, 1.82) is 0 Å². The molecule has 14 heteroatoms. The van der Waals surface area contributed by atoms with Gasteiger partial charge in [0.05, 0.1) is 11.7 Å². The molecule has 0 radical (unpaired) electrons. The summed E-state index contributed by atoms with van der Waals surface area (Å²) in [5, 5.41) is 38.3. The molecule has 2 aromatic rings. The van der Waals surface area contributed by atoms with E-state index in [4.69, 9.17) is 13.8 Å². The summed E-state index contributed by atoms with van der Waals surface area (Å²) in [5.41, 5.74) is -1.53. The summed E-state index contributed by atoms with van der Waals surface area (Å²) in [6, 6.07) is 0. The van der Waals surface area contributed by atoms with Crippen LogP contribution < -0.4 is 9.58 Å². The summed E-state index contributed by atoms with van der Waals surface area (Å²) in [4.78, 5) is 8.72. The predicted octanol–water partition coefficient (Wildman–Crippen LogP) is 1.21. The second kappa shape index (κ2) is 8.27. The van der Waals surface area contributed by atoms with Gasteiger partial charge in [-0.05, 0) is 12.8 Å². The summed E-state index contributed by atoms with van der Waals surface area (Å²) < 4.78 is 33.6. The minimum Gasteiger partial charge on any atom is -0.387 e. The molecule has 0 aromatic carbocycles. The van der Waals surface area contributed by atoms with Crippen LogP contribution in [0.5, 0.6) is 0 Å².